The number of rotatable bonds is 6. The van der Waals surface area contributed by atoms with Gasteiger partial charge in [0.05, 0.1) is 5.41 Å². The Morgan fingerprint density at radius 3 is 2.20 bits per heavy atom. The lowest BCUT2D eigenvalue weighted by atomic mass is 9.94. The summed E-state index contributed by atoms with van der Waals surface area (Å²) in [5.74, 6) is -0.918. The van der Waals surface area contributed by atoms with E-state index in [1.54, 1.807) is 13.8 Å². The molecule has 1 saturated carbocycles. The summed E-state index contributed by atoms with van der Waals surface area (Å²) in [4.78, 5) is 24.9. The third-order valence-corrected chi connectivity index (χ3v) is 4.33. The Balaban J connectivity index is 2.41. The van der Waals surface area contributed by atoms with E-state index in [1.807, 2.05) is 14.1 Å². The van der Waals surface area contributed by atoms with Gasteiger partial charge in [0.25, 0.3) is 0 Å². The molecule has 0 saturated heterocycles. The average molecular weight is 285 g/mol. The number of carboxylic acids is 1. The third kappa shape index (κ3) is 4.10. The molecule has 20 heavy (non-hydrogen) atoms. The molecule has 0 aromatic carbocycles. The maximum Gasteiger partial charge on any atom is 0.314 e. The third-order valence-electron chi connectivity index (χ3n) is 4.33. The van der Waals surface area contributed by atoms with Crippen LogP contribution < -0.4 is 10.6 Å². The molecule has 6 heteroatoms. The first-order valence-electron chi connectivity index (χ1n) is 7.12. The van der Waals surface area contributed by atoms with E-state index in [1.165, 1.54) is 12.8 Å². The van der Waals surface area contributed by atoms with Crippen molar-refractivity contribution < 1.29 is 14.7 Å². The van der Waals surface area contributed by atoms with Gasteiger partial charge >= 0.3 is 12.0 Å². The molecule has 1 fully saturated rings. The van der Waals surface area contributed by atoms with Crippen LogP contribution in [0.5, 0.6) is 0 Å². The summed E-state index contributed by atoms with van der Waals surface area (Å²) in [5, 5.41) is 14.5. The molecule has 0 heterocycles. The molecule has 0 aromatic heterocycles. The molecule has 6 nitrogen and oxygen atoms in total. The quantitative estimate of drug-likeness (QED) is 0.686. The van der Waals surface area contributed by atoms with Crippen LogP contribution in [-0.4, -0.2) is 54.7 Å². The lowest BCUT2D eigenvalue weighted by Crippen LogP contribution is -2.53. The maximum absolute atomic E-state index is 11.8. The second-order valence-electron chi connectivity index (χ2n) is 6.55. The molecule has 0 aliphatic heterocycles. The molecule has 0 atom stereocenters. The monoisotopic (exact) mass is 285 g/mol. The highest BCUT2D eigenvalue weighted by Crippen LogP contribution is 2.32. The van der Waals surface area contributed by atoms with Crippen molar-refractivity contribution >= 4 is 12.0 Å². The summed E-state index contributed by atoms with van der Waals surface area (Å²) < 4.78 is 0. The Kier molecular flexibility index (Phi) is 5.39. The van der Waals surface area contributed by atoms with Gasteiger partial charge < -0.3 is 20.6 Å². The van der Waals surface area contributed by atoms with Crippen LogP contribution in [0, 0.1) is 5.41 Å². The second kappa shape index (κ2) is 6.43. The zero-order valence-electron chi connectivity index (χ0n) is 13.0. The van der Waals surface area contributed by atoms with Crippen molar-refractivity contribution in [2.75, 3.05) is 27.2 Å². The zero-order chi connectivity index (χ0) is 15.4. The predicted molar refractivity (Wildman–Crippen MR) is 77.7 cm³/mol. The van der Waals surface area contributed by atoms with Crippen molar-refractivity contribution in [1.82, 2.24) is 15.5 Å². The number of amides is 2. The molecule has 0 aromatic rings. The predicted octanol–water partition coefficient (Wildman–Crippen LogP) is 1.27. The van der Waals surface area contributed by atoms with E-state index in [9.17, 15) is 9.59 Å². The van der Waals surface area contributed by atoms with E-state index in [-0.39, 0.29) is 18.1 Å². The fraction of sp³-hybridized carbons (Fsp3) is 0.857. The highest BCUT2D eigenvalue weighted by molar-refractivity contribution is 5.77. The summed E-state index contributed by atoms with van der Waals surface area (Å²) in [7, 11) is 4.08. The first kappa shape index (κ1) is 16.8. The van der Waals surface area contributed by atoms with Crippen molar-refractivity contribution in [3.8, 4) is 0 Å². The lowest BCUT2D eigenvalue weighted by molar-refractivity contribution is -0.146. The number of carboxylic acid groups (broad SMARTS) is 1. The van der Waals surface area contributed by atoms with Gasteiger partial charge in [0, 0.05) is 18.6 Å². The normalized spacial score (nSPS) is 18.1. The van der Waals surface area contributed by atoms with Crippen LogP contribution in [0.25, 0.3) is 0 Å². The zero-order valence-corrected chi connectivity index (χ0v) is 13.0. The molecule has 0 unspecified atom stereocenters. The fourth-order valence-electron chi connectivity index (χ4n) is 2.50. The van der Waals surface area contributed by atoms with E-state index >= 15 is 0 Å². The highest BCUT2D eigenvalue weighted by atomic mass is 16.4. The summed E-state index contributed by atoms with van der Waals surface area (Å²) >= 11 is 0. The summed E-state index contributed by atoms with van der Waals surface area (Å²) in [5.41, 5.74) is -0.913. The van der Waals surface area contributed by atoms with Gasteiger partial charge in [-0.15, -0.1) is 0 Å². The Morgan fingerprint density at radius 2 is 1.75 bits per heavy atom. The Morgan fingerprint density at radius 1 is 1.20 bits per heavy atom. The van der Waals surface area contributed by atoms with Crippen LogP contribution in [-0.2, 0) is 4.79 Å². The van der Waals surface area contributed by atoms with Gasteiger partial charge in [0.2, 0.25) is 0 Å². The van der Waals surface area contributed by atoms with Crippen LogP contribution in [0.15, 0.2) is 0 Å². The van der Waals surface area contributed by atoms with Gasteiger partial charge in [-0.2, -0.15) is 0 Å². The molecule has 0 radical (unpaired) electrons. The SMILES string of the molecule is CN(C)C1(CNC(=O)NCC(C)(C)C(=O)O)CCCC1. The summed E-state index contributed by atoms with van der Waals surface area (Å²) in [6.07, 6.45) is 4.54. The van der Waals surface area contributed by atoms with Crippen molar-refractivity contribution in [1.29, 1.82) is 0 Å². The van der Waals surface area contributed by atoms with Gasteiger partial charge in [-0.05, 0) is 40.8 Å². The first-order chi connectivity index (χ1) is 9.19. The largest absolute Gasteiger partial charge is 0.481 e. The molecule has 116 valence electrons. The molecule has 1 aliphatic rings. The maximum atomic E-state index is 11.8. The van der Waals surface area contributed by atoms with E-state index in [2.05, 4.69) is 15.5 Å². The number of hydrogen-bond donors (Lipinski definition) is 3. The van der Waals surface area contributed by atoms with E-state index < -0.39 is 11.4 Å². The highest BCUT2D eigenvalue weighted by Gasteiger charge is 2.36. The van der Waals surface area contributed by atoms with Crippen LogP contribution in [0.3, 0.4) is 0 Å². The molecule has 0 bridgehead atoms. The van der Waals surface area contributed by atoms with Gasteiger partial charge in [0.1, 0.15) is 0 Å². The van der Waals surface area contributed by atoms with Gasteiger partial charge in [-0.25, -0.2) is 4.79 Å². The van der Waals surface area contributed by atoms with Crippen LogP contribution in [0.1, 0.15) is 39.5 Å². The second-order valence-corrected chi connectivity index (χ2v) is 6.55. The smallest absolute Gasteiger partial charge is 0.314 e. The Hall–Kier alpha value is -1.30. The molecular formula is C14H27N3O3. The van der Waals surface area contributed by atoms with E-state index in [0.29, 0.717) is 6.54 Å². The van der Waals surface area contributed by atoms with Crippen molar-refractivity contribution in [3.63, 3.8) is 0 Å². The number of likely N-dealkylation sites (N-methyl/N-ethyl adjacent to an activating group) is 1. The molecule has 3 N–H and O–H groups in total. The molecule has 2 amide bonds. The number of carbonyl (C=O) groups excluding carboxylic acids is 1. The number of carbonyl (C=O) groups is 2. The van der Waals surface area contributed by atoms with Crippen molar-refractivity contribution in [2.45, 2.75) is 45.1 Å². The fourth-order valence-corrected chi connectivity index (χ4v) is 2.50. The molecular weight excluding hydrogens is 258 g/mol. The molecule has 0 spiro atoms. The van der Waals surface area contributed by atoms with Gasteiger partial charge in [-0.3, -0.25) is 4.79 Å². The Labute approximate surface area is 120 Å². The molecule has 1 aliphatic carbocycles. The summed E-state index contributed by atoms with van der Waals surface area (Å²) in [6, 6.07) is -0.299. The van der Waals surface area contributed by atoms with Crippen molar-refractivity contribution in [2.24, 2.45) is 5.41 Å². The summed E-state index contributed by atoms with van der Waals surface area (Å²) in [6.45, 7) is 3.89. The van der Waals surface area contributed by atoms with Crippen LogP contribution in [0.2, 0.25) is 0 Å². The number of urea groups is 1. The minimum absolute atomic E-state index is 0.0413. The topological polar surface area (TPSA) is 81.7 Å². The van der Waals surface area contributed by atoms with Crippen molar-refractivity contribution in [3.05, 3.63) is 0 Å². The molecule has 1 rings (SSSR count). The average Bonchev–Trinajstić information content (AvgIpc) is 2.84. The lowest BCUT2D eigenvalue weighted by Gasteiger charge is -2.36. The Bertz CT molecular complexity index is 361. The minimum Gasteiger partial charge on any atom is -0.481 e. The number of hydrogen-bond acceptors (Lipinski definition) is 3. The number of aliphatic carboxylic acids is 1. The van der Waals surface area contributed by atoms with E-state index in [4.69, 9.17) is 5.11 Å². The van der Waals surface area contributed by atoms with Crippen LogP contribution >= 0.6 is 0 Å². The van der Waals surface area contributed by atoms with Gasteiger partial charge in [0.15, 0.2) is 0 Å². The number of nitrogens with one attached hydrogen (secondary N) is 2. The first-order valence-corrected chi connectivity index (χ1v) is 7.12. The van der Waals surface area contributed by atoms with E-state index in [0.717, 1.165) is 12.8 Å². The number of nitrogens with zero attached hydrogens (tertiary/aromatic N) is 1. The standard InChI is InChI=1S/C14H27N3O3/c1-13(2,11(18)19)9-15-12(20)16-10-14(17(3)4)7-5-6-8-14/h5-10H2,1-4H3,(H,18,19)(H2,15,16,20). The van der Waals surface area contributed by atoms with Gasteiger partial charge in [-0.1, -0.05) is 12.8 Å². The van der Waals surface area contributed by atoms with Crippen LogP contribution in [0.4, 0.5) is 4.79 Å². The minimum atomic E-state index is -0.954.